The van der Waals surface area contributed by atoms with Crippen LogP contribution in [0.25, 0.3) is 6.08 Å². The SMILES string of the molecule is COc1cccc(/C=C(\C#N)C(=O)Nc2cccc(Cl)c2C)c1OC. The molecule has 25 heavy (non-hydrogen) atoms. The molecule has 128 valence electrons. The number of nitrogens with one attached hydrogen (secondary N) is 1. The number of halogens is 1. The van der Waals surface area contributed by atoms with E-state index in [0.29, 0.717) is 27.8 Å². The van der Waals surface area contributed by atoms with Crippen molar-refractivity contribution >= 4 is 29.3 Å². The van der Waals surface area contributed by atoms with Crippen LogP contribution in [0.3, 0.4) is 0 Å². The number of carbonyl (C=O) groups is 1. The number of nitriles is 1. The number of amides is 1. The van der Waals surface area contributed by atoms with Crippen LogP contribution in [0, 0.1) is 18.3 Å². The van der Waals surface area contributed by atoms with Crippen LogP contribution in [-0.4, -0.2) is 20.1 Å². The van der Waals surface area contributed by atoms with Gasteiger partial charge in [-0.1, -0.05) is 29.8 Å². The second-order valence-corrected chi connectivity index (χ2v) is 5.53. The summed E-state index contributed by atoms with van der Waals surface area (Å²) >= 11 is 6.05. The standard InChI is InChI=1S/C19H17ClN2O3/c1-12-15(20)7-5-8-16(12)22-19(23)14(11-21)10-13-6-4-9-17(24-2)18(13)25-3/h4-10H,1-3H3,(H,22,23)/b14-10+. The molecule has 0 heterocycles. The molecule has 0 aliphatic heterocycles. The lowest BCUT2D eigenvalue weighted by Gasteiger charge is -2.11. The number of carbonyl (C=O) groups excluding carboxylic acids is 1. The number of anilines is 1. The van der Waals surface area contributed by atoms with Crippen LogP contribution in [0.4, 0.5) is 5.69 Å². The Morgan fingerprint density at radius 2 is 1.92 bits per heavy atom. The maximum absolute atomic E-state index is 12.4. The summed E-state index contributed by atoms with van der Waals surface area (Å²) in [5, 5.41) is 12.6. The molecule has 0 aromatic heterocycles. The normalized spacial score (nSPS) is 10.8. The lowest BCUT2D eigenvalue weighted by molar-refractivity contribution is -0.112. The Balaban J connectivity index is 2.37. The summed E-state index contributed by atoms with van der Waals surface area (Å²) < 4.78 is 10.5. The first kappa shape index (κ1) is 18.4. The molecular formula is C19H17ClN2O3. The summed E-state index contributed by atoms with van der Waals surface area (Å²) in [4.78, 5) is 12.4. The minimum absolute atomic E-state index is 0.0640. The fourth-order valence-corrected chi connectivity index (χ4v) is 2.44. The summed E-state index contributed by atoms with van der Waals surface area (Å²) in [6.07, 6.45) is 1.45. The Morgan fingerprint density at radius 1 is 1.20 bits per heavy atom. The number of hydrogen-bond donors (Lipinski definition) is 1. The van der Waals surface area contributed by atoms with Crippen molar-refractivity contribution in [2.45, 2.75) is 6.92 Å². The van der Waals surface area contributed by atoms with Crippen molar-refractivity contribution in [2.75, 3.05) is 19.5 Å². The van der Waals surface area contributed by atoms with E-state index in [1.165, 1.54) is 20.3 Å². The van der Waals surface area contributed by atoms with Gasteiger partial charge in [-0.3, -0.25) is 4.79 Å². The molecule has 0 radical (unpaired) electrons. The first-order chi connectivity index (χ1) is 12.0. The fourth-order valence-electron chi connectivity index (χ4n) is 2.26. The van der Waals surface area contributed by atoms with Gasteiger partial charge in [0.15, 0.2) is 11.5 Å². The van der Waals surface area contributed by atoms with Gasteiger partial charge >= 0.3 is 0 Å². The molecule has 2 aromatic carbocycles. The molecule has 0 bridgehead atoms. The Labute approximate surface area is 151 Å². The van der Waals surface area contributed by atoms with Gasteiger partial charge in [-0.2, -0.15) is 5.26 Å². The van der Waals surface area contributed by atoms with Crippen LogP contribution in [0.5, 0.6) is 11.5 Å². The minimum atomic E-state index is -0.530. The van der Waals surface area contributed by atoms with Gasteiger partial charge in [0.25, 0.3) is 5.91 Å². The van der Waals surface area contributed by atoms with Crippen LogP contribution in [-0.2, 0) is 4.79 Å². The van der Waals surface area contributed by atoms with Crippen molar-refractivity contribution in [2.24, 2.45) is 0 Å². The van der Waals surface area contributed by atoms with E-state index < -0.39 is 5.91 Å². The minimum Gasteiger partial charge on any atom is -0.493 e. The molecule has 0 atom stereocenters. The van der Waals surface area contributed by atoms with Crippen molar-refractivity contribution in [3.63, 3.8) is 0 Å². The highest BCUT2D eigenvalue weighted by atomic mass is 35.5. The molecule has 1 amide bonds. The van der Waals surface area contributed by atoms with Crippen LogP contribution in [0.15, 0.2) is 42.0 Å². The Bertz CT molecular complexity index is 869. The number of methoxy groups -OCH3 is 2. The molecule has 0 saturated heterocycles. The number of hydrogen-bond acceptors (Lipinski definition) is 4. The summed E-state index contributed by atoms with van der Waals surface area (Å²) in [7, 11) is 3.02. The summed E-state index contributed by atoms with van der Waals surface area (Å²) in [6.45, 7) is 1.79. The van der Waals surface area contributed by atoms with Crippen LogP contribution < -0.4 is 14.8 Å². The quantitative estimate of drug-likeness (QED) is 0.643. The smallest absolute Gasteiger partial charge is 0.266 e. The lowest BCUT2D eigenvalue weighted by Crippen LogP contribution is -2.14. The van der Waals surface area contributed by atoms with Gasteiger partial charge in [0, 0.05) is 16.3 Å². The van der Waals surface area contributed by atoms with Gasteiger partial charge in [0.05, 0.1) is 14.2 Å². The number of nitrogens with zero attached hydrogens (tertiary/aromatic N) is 1. The summed E-state index contributed by atoms with van der Waals surface area (Å²) in [5.41, 5.74) is 1.78. The molecule has 1 N–H and O–H groups in total. The molecule has 6 heteroatoms. The van der Waals surface area contributed by atoms with Gasteiger partial charge in [0.2, 0.25) is 0 Å². The lowest BCUT2D eigenvalue weighted by atomic mass is 10.1. The topological polar surface area (TPSA) is 71.3 Å². The number of para-hydroxylation sites is 1. The highest BCUT2D eigenvalue weighted by Crippen LogP contribution is 2.32. The first-order valence-electron chi connectivity index (χ1n) is 7.41. The highest BCUT2D eigenvalue weighted by molar-refractivity contribution is 6.31. The summed E-state index contributed by atoms with van der Waals surface area (Å²) in [5.74, 6) is 0.432. The van der Waals surface area contributed by atoms with E-state index in [9.17, 15) is 10.1 Å². The average Bonchev–Trinajstić information content (AvgIpc) is 2.62. The average molecular weight is 357 g/mol. The predicted molar refractivity (Wildman–Crippen MR) is 98.0 cm³/mol. The van der Waals surface area contributed by atoms with Gasteiger partial charge < -0.3 is 14.8 Å². The van der Waals surface area contributed by atoms with Crippen LogP contribution in [0.2, 0.25) is 5.02 Å². The third-order valence-electron chi connectivity index (χ3n) is 3.61. The van der Waals surface area contributed by atoms with E-state index >= 15 is 0 Å². The molecule has 0 aliphatic rings. The molecule has 0 spiro atoms. The second kappa shape index (κ2) is 8.22. The van der Waals surface area contributed by atoms with E-state index in [-0.39, 0.29) is 5.57 Å². The maximum Gasteiger partial charge on any atom is 0.266 e. The van der Waals surface area contributed by atoms with Crippen molar-refractivity contribution < 1.29 is 14.3 Å². The van der Waals surface area contributed by atoms with Crippen molar-refractivity contribution in [3.8, 4) is 17.6 Å². The molecular weight excluding hydrogens is 340 g/mol. The Kier molecular flexibility index (Phi) is 6.04. The number of ether oxygens (including phenoxy) is 2. The van der Waals surface area contributed by atoms with Crippen molar-refractivity contribution in [3.05, 3.63) is 58.1 Å². The predicted octanol–water partition coefficient (Wildman–Crippen LogP) is 4.21. The molecule has 0 fully saturated rings. The van der Waals surface area contributed by atoms with E-state index in [1.54, 1.807) is 43.3 Å². The Hall–Kier alpha value is -2.97. The fraction of sp³-hybridized carbons (Fsp3) is 0.158. The first-order valence-corrected chi connectivity index (χ1v) is 7.78. The zero-order chi connectivity index (χ0) is 18.4. The van der Waals surface area contributed by atoms with Crippen molar-refractivity contribution in [1.29, 1.82) is 5.26 Å². The van der Waals surface area contributed by atoms with Crippen LogP contribution in [0.1, 0.15) is 11.1 Å². The zero-order valence-electron chi connectivity index (χ0n) is 14.1. The van der Waals surface area contributed by atoms with Gasteiger partial charge in [0.1, 0.15) is 11.6 Å². The molecule has 2 aromatic rings. The molecule has 0 unspecified atom stereocenters. The Morgan fingerprint density at radius 3 is 2.56 bits per heavy atom. The third kappa shape index (κ3) is 4.11. The van der Waals surface area contributed by atoms with Crippen LogP contribution >= 0.6 is 11.6 Å². The number of rotatable bonds is 5. The van der Waals surface area contributed by atoms with E-state index in [2.05, 4.69) is 5.32 Å². The van der Waals surface area contributed by atoms with Gasteiger partial charge in [-0.15, -0.1) is 0 Å². The maximum atomic E-state index is 12.4. The van der Waals surface area contributed by atoms with E-state index in [1.807, 2.05) is 6.07 Å². The van der Waals surface area contributed by atoms with Gasteiger partial charge in [-0.25, -0.2) is 0 Å². The van der Waals surface area contributed by atoms with Gasteiger partial charge in [-0.05, 0) is 36.8 Å². The van der Waals surface area contributed by atoms with E-state index in [4.69, 9.17) is 21.1 Å². The summed E-state index contributed by atoms with van der Waals surface area (Å²) in [6, 6.07) is 12.3. The monoisotopic (exact) mass is 356 g/mol. The molecule has 5 nitrogen and oxygen atoms in total. The highest BCUT2D eigenvalue weighted by Gasteiger charge is 2.14. The molecule has 0 saturated carbocycles. The largest absolute Gasteiger partial charge is 0.493 e. The third-order valence-corrected chi connectivity index (χ3v) is 4.02. The van der Waals surface area contributed by atoms with E-state index in [0.717, 1.165) is 5.56 Å². The molecule has 0 aliphatic carbocycles. The van der Waals surface area contributed by atoms with Crippen molar-refractivity contribution in [1.82, 2.24) is 0 Å². The molecule has 2 rings (SSSR count). The zero-order valence-corrected chi connectivity index (χ0v) is 14.8. The second-order valence-electron chi connectivity index (χ2n) is 5.12. The number of benzene rings is 2.